The van der Waals surface area contributed by atoms with E-state index < -0.39 is 35.1 Å². The van der Waals surface area contributed by atoms with Gasteiger partial charge in [-0.1, -0.05) is 17.3 Å². The molecule has 0 radical (unpaired) electrons. The molecule has 2 aromatic carbocycles. The standard InChI is InChI=1S/C19H16F4N4O3/c1-11-24-17(26-30-11)10-27(2)18(28)25-12-7-8-16(14(20)9-12)29-15-6-4-3-5-13(15)19(21,22)23/h3-9H,10H2,1-2H3,(H,25,28). The summed E-state index contributed by atoms with van der Waals surface area (Å²) in [6, 6.07) is 7.27. The number of para-hydroxylation sites is 1. The molecule has 0 spiro atoms. The minimum atomic E-state index is -4.65. The first-order valence-electron chi connectivity index (χ1n) is 8.58. The number of rotatable bonds is 5. The number of benzene rings is 2. The molecule has 0 aliphatic rings. The number of halogens is 4. The zero-order valence-electron chi connectivity index (χ0n) is 15.8. The second kappa shape index (κ2) is 8.39. The van der Waals surface area contributed by atoms with E-state index in [9.17, 15) is 22.4 Å². The zero-order chi connectivity index (χ0) is 21.9. The Kier molecular flexibility index (Phi) is 5.90. The lowest BCUT2D eigenvalue weighted by atomic mass is 10.2. The molecule has 1 heterocycles. The smallest absolute Gasteiger partial charge is 0.419 e. The number of alkyl halides is 3. The van der Waals surface area contributed by atoms with Gasteiger partial charge in [-0.25, -0.2) is 9.18 Å². The highest BCUT2D eigenvalue weighted by Gasteiger charge is 2.34. The Morgan fingerprint density at radius 1 is 1.20 bits per heavy atom. The second-order valence-corrected chi connectivity index (χ2v) is 6.26. The summed E-state index contributed by atoms with van der Waals surface area (Å²) < 4.78 is 63.4. The predicted molar refractivity (Wildman–Crippen MR) is 97.4 cm³/mol. The molecule has 2 amide bonds. The SMILES string of the molecule is Cc1nc(CN(C)C(=O)Nc2ccc(Oc3ccccc3C(F)(F)F)c(F)c2)no1. The van der Waals surface area contributed by atoms with Gasteiger partial charge in [0.25, 0.3) is 0 Å². The average molecular weight is 424 g/mol. The summed E-state index contributed by atoms with van der Waals surface area (Å²) in [4.78, 5) is 17.4. The summed E-state index contributed by atoms with van der Waals surface area (Å²) in [6.45, 7) is 1.66. The van der Waals surface area contributed by atoms with Crippen LogP contribution in [0.15, 0.2) is 47.0 Å². The molecule has 7 nitrogen and oxygen atoms in total. The first kappa shape index (κ1) is 21.1. The third-order valence-corrected chi connectivity index (χ3v) is 3.89. The molecular formula is C19H16F4N4O3. The molecule has 0 fully saturated rings. The van der Waals surface area contributed by atoms with E-state index in [-0.39, 0.29) is 12.2 Å². The molecule has 1 N–H and O–H groups in total. The van der Waals surface area contributed by atoms with Crippen molar-refractivity contribution in [3.05, 3.63) is 65.6 Å². The van der Waals surface area contributed by atoms with Crippen LogP contribution in [-0.4, -0.2) is 28.1 Å². The number of anilines is 1. The number of amides is 2. The highest BCUT2D eigenvalue weighted by Crippen LogP contribution is 2.38. The number of nitrogens with zero attached hydrogens (tertiary/aromatic N) is 3. The Labute approximate surface area is 168 Å². The normalized spacial score (nSPS) is 11.3. The van der Waals surface area contributed by atoms with Crippen molar-refractivity contribution < 1.29 is 31.6 Å². The van der Waals surface area contributed by atoms with Gasteiger partial charge in [-0.2, -0.15) is 18.2 Å². The van der Waals surface area contributed by atoms with E-state index in [1.165, 1.54) is 30.1 Å². The summed E-state index contributed by atoms with van der Waals surface area (Å²) in [5, 5.41) is 6.13. The number of aryl methyl sites for hydroxylation is 1. The van der Waals surface area contributed by atoms with Crippen molar-refractivity contribution in [1.29, 1.82) is 0 Å². The molecule has 0 bridgehead atoms. The maximum absolute atomic E-state index is 14.4. The lowest BCUT2D eigenvalue weighted by Gasteiger charge is -2.17. The Morgan fingerprint density at radius 2 is 1.93 bits per heavy atom. The van der Waals surface area contributed by atoms with Crippen molar-refractivity contribution in [2.24, 2.45) is 0 Å². The van der Waals surface area contributed by atoms with Crippen LogP contribution in [0.2, 0.25) is 0 Å². The van der Waals surface area contributed by atoms with Crippen molar-refractivity contribution in [1.82, 2.24) is 15.0 Å². The lowest BCUT2D eigenvalue weighted by Crippen LogP contribution is -2.31. The first-order valence-corrected chi connectivity index (χ1v) is 8.58. The maximum Gasteiger partial charge on any atom is 0.419 e. The van der Waals surface area contributed by atoms with E-state index >= 15 is 0 Å². The molecule has 3 aromatic rings. The van der Waals surface area contributed by atoms with Gasteiger partial charge in [0, 0.05) is 25.7 Å². The van der Waals surface area contributed by atoms with Crippen molar-refractivity contribution in [2.45, 2.75) is 19.6 Å². The van der Waals surface area contributed by atoms with E-state index in [1.54, 1.807) is 6.92 Å². The number of ether oxygens (including phenoxy) is 1. The number of hydrogen-bond donors (Lipinski definition) is 1. The molecule has 0 saturated heterocycles. The summed E-state index contributed by atoms with van der Waals surface area (Å²) in [7, 11) is 1.48. The van der Waals surface area contributed by atoms with Crippen LogP contribution in [0.5, 0.6) is 11.5 Å². The molecule has 0 saturated carbocycles. The van der Waals surface area contributed by atoms with Gasteiger partial charge in [-0.15, -0.1) is 0 Å². The van der Waals surface area contributed by atoms with E-state index in [4.69, 9.17) is 9.26 Å². The highest BCUT2D eigenvalue weighted by atomic mass is 19.4. The molecular weight excluding hydrogens is 408 g/mol. The predicted octanol–water partition coefficient (Wildman–Crippen LogP) is 4.99. The van der Waals surface area contributed by atoms with Crippen LogP contribution in [0.3, 0.4) is 0 Å². The van der Waals surface area contributed by atoms with Crippen LogP contribution >= 0.6 is 0 Å². The average Bonchev–Trinajstić information content (AvgIpc) is 3.08. The van der Waals surface area contributed by atoms with Gasteiger partial charge in [0.05, 0.1) is 12.1 Å². The van der Waals surface area contributed by atoms with Gasteiger partial charge in [0.2, 0.25) is 5.89 Å². The zero-order valence-corrected chi connectivity index (χ0v) is 15.8. The van der Waals surface area contributed by atoms with Crippen molar-refractivity contribution >= 4 is 11.7 Å². The summed E-state index contributed by atoms with van der Waals surface area (Å²) in [5.74, 6) is -1.25. The van der Waals surface area contributed by atoms with Crippen LogP contribution in [-0.2, 0) is 12.7 Å². The maximum atomic E-state index is 14.4. The topological polar surface area (TPSA) is 80.5 Å². The summed E-state index contributed by atoms with van der Waals surface area (Å²) >= 11 is 0. The van der Waals surface area contributed by atoms with Crippen LogP contribution in [0.1, 0.15) is 17.3 Å². The molecule has 30 heavy (non-hydrogen) atoms. The van der Waals surface area contributed by atoms with Gasteiger partial charge in [0.1, 0.15) is 5.75 Å². The van der Waals surface area contributed by atoms with Crippen LogP contribution in [0.25, 0.3) is 0 Å². The highest BCUT2D eigenvalue weighted by molar-refractivity contribution is 5.89. The summed E-state index contributed by atoms with van der Waals surface area (Å²) in [6.07, 6.45) is -4.65. The van der Waals surface area contributed by atoms with Gasteiger partial charge in [-0.3, -0.25) is 0 Å². The Hall–Kier alpha value is -3.63. The number of aromatic nitrogens is 2. The van der Waals surface area contributed by atoms with Crippen LogP contribution in [0, 0.1) is 12.7 Å². The lowest BCUT2D eigenvalue weighted by molar-refractivity contribution is -0.138. The quantitative estimate of drug-likeness (QED) is 0.584. The third kappa shape index (κ3) is 5.04. The third-order valence-electron chi connectivity index (χ3n) is 3.89. The van der Waals surface area contributed by atoms with E-state index in [0.717, 1.165) is 24.3 Å². The minimum Gasteiger partial charge on any atom is -0.454 e. The van der Waals surface area contributed by atoms with E-state index in [2.05, 4.69) is 15.5 Å². The molecule has 0 aliphatic heterocycles. The molecule has 0 unspecified atom stereocenters. The fourth-order valence-corrected chi connectivity index (χ4v) is 2.48. The molecule has 0 atom stereocenters. The monoisotopic (exact) mass is 424 g/mol. The Balaban J connectivity index is 1.69. The largest absolute Gasteiger partial charge is 0.454 e. The van der Waals surface area contributed by atoms with Crippen LogP contribution in [0.4, 0.5) is 28.0 Å². The first-order chi connectivity index (χ1) is 14.1. The Morgan fingerprint density at radius 3 is 2.57 bits per heavy atom. The molecule has 0 aliphatic carbocycles. The molecule has 158 valence electrons. The fraction of sp³-hybridized carbons (Fsp3) is 0.211. The van der Waals surface area contributed by atoms with Gasteiger partial charge < -0.3 is 19.5 Å². The van der Waals surface area contributed by atoms with Gasteiger partial charge >= 0.3 is 12.2 Å². The van der Waals surface area contributed by atoms with Gasteiger partial charge in [0.15, 0.2) is 17.4 Å². The number of hydrogen-bond acceptors (Lipinski definition) is 5. The number of urea groups is 1. The molecule has 3 rings (SSSR count). The Bertz CT molecular complexity index is 1050. The number of nitrogens with one attached hydrogen (secondary N) is 1. The molecule has 1 aromatic heterocycles. The van der Waals surface area contributed by atoms with E-state index in [1.807, 2.05) is 0 Å². The van der Waals surface area contributed by atoms with Crippen molar-refractivity contribution in [3.8, 4) is 11.5 Å². The fourth-order valence-electron chi connectivity index (χ4n) is 2.48. The van der Waals surface area contributed by atoms with E-state index in [0.29, 0.717) is 11.7 Å². The summed E-state index contributed by atoms with van der Waals surface area (Å²) in [5.41, 5.74) is -0.940. The molecule has 11 heteroatoms. The number of carbonyl (C=O) groups excluding carboxylic acids is 1. The van der Waals surface area contributed by atoms with Gasteiger partial charge in [-0.05, 0) is 24.3 Å². The van der Waals surface area contributed by atoms with Crippen molar-refractivity contribution in [2.75, 3.05) is 12.4 Å². The number of carbonyl (C=O) groups is 1. The van der Waals surface area contributed by atoms with Crippen LogP contribution < -0.4 is 10.1 Å². The minimum absolute atomic E-state index is 0.0566. The second-order valence-electron chi connectivity index (χ2n) is 6.26. The van der Waals surface area contributed by atoms with Crippen molar-refractivity contribution in [3.63, 3.8) is 0 Å².